The number of carboxylic acid groups (broad SMARTS) is 1. The molecule has 3 heteroatoms. The number of hydrogen-bond acceptors (Lipinski definition) is 2. The zero-order valence-corrected chi connectivity index (χ0v) is 9.54. The minimum atomic E-state index is -0.632. The van der Waals surface area contributed by atoms with Gasteiger partial charge in [-0.2, -0.15) is 0 Å². The molecule has 1 N–H and O–H groups in total. The third-order valence-electron chi connectivity index (χ3n) is 3.96. The second-order valence-electron chi connectivity index (χ2n) is 5.42. The Balaban J connectivity index is 1.85. The maximum Gasteiger partial charge on any atom is 0.311 e. The Morgan fingerprint density at radius 2 is 1.73 bits per heavy atom. The Bertz CT molecular complexity index is 238. The van der Waals surface area contributed by atoms with Crippen molar-refractivity contribution in [3.8, 4) is 0 Å². The molecule has 0 atom stereocenters. The molecule has 1 saturated heterocycles. The van der Waals surface area contributed by atoms with Gasteiger partial charge >= 0.3 is 5.97 Å². The first kappa shape index (κ1) is 10.9. The lowest BCUT2D eigenvalue weighted by Gasteiger charge is -2.49. The number of rotatable bonds is 2. The van der Waals surface area contributed by atoms with Gasteiger partial charge in [0.05, 0.1) is 5.41 Å². The highest BCUT2D eigenvalue weighted by atomic mass is 16.4. The van der Waals surface area contributed by atoms with E-state index in [-0.39, 0.29) is 0 Å². The van der Waals surface area contributed by atoms with E-state index in [0.29, 0.717) is 6.04 Å². The minimum Gasteiger partial charge on any atom is -0.481 e. The summed E-state index contributed by atoms with van der Waals surface area (Å²) >= 11 is 0. The van der Waals surface area contributed by atoms with Crippen molar-refractivity contribution < 1.29 is 9.90 Å². The van der Waals surface area contributed by atoms with Crippen LogP contribution in [0.3, 0.4) is 0 Å². The Morgan fingerprint density at radius 3 is 2.20 bits per heavy atom. The van der Waals surface area contributed by atoms with E-state index in [4.69, 9.17) is 5.11 Å². The fourth-order valence-corrected chi connectivity index (χ4v) is 2.87. The zero-order valence-electron chi connectivity index (χ0n) is 9.54. The van der Waals surface area contributed by atoms with Crippen LogP contribution in [0.2, 0.25) is 0 Å². The van der Waals surface area contributed by atoms with Gasteiger partial charge in [-0.25, -0.2) is 0 Å². The second-order valence-corrected chi connectivity index (χ2v) is 5.42. The van der Waals surface area contributed by atoms with Crippen LogP contribution in [0.1, 0.15) is 45.4 Å². The lowest BCUT2D eigenvalue weighted by Crippen LogP contribution is -2.61. The number of likely N-dealkylation sites (tertiary alicyclic amines) is 1. The molecule has 2 rings (SSSR count). The normalized spacial score (nSPS) is 28.1. The first-order valence-electron chi connectivity index (χ1n) is 6.09. The van der Waals surface area contributed by atoms with Gasteiger partial charge in [0.1, 0.15) is 0 Å². The van der Waals surface area contributed by atoms with Crippen molar-refractivity contribution in [3.63, 3.8) is 0 Å². The molecule has 1 aliphatic heterocycles. The smallest absolute Gasteiger partial charge is 0.311 e. The molecule has 86 valence electrons. The van der Waals surface area contributed by atoms with Crippen LogP contribution in [0.4, 0.5) is 0 Å². The number of carboxylic acids is 1. The summed E-state index contributed by atoms with van der Waals surface area (Å²) in [6.07, 6.45) is 7.92. The van der Waals surface area contributed by atoms with Crippen LogP contribution in [-0.4, -0.2) is 35.1 Å². The summed E-state index contributed by atoms with van der Waals surface area (Å²) in [6, 6.07) is 0.667. The van der Waals surface area contributed by atoms with E-state index in [2.05, 4.69) is 4.90 Å². The molecule has 0 aromatic heterocycles. The van der Waals surface area contributed by atoms with Gasteiger partial charge in [-0.15, -0.1) is 0 Å². The Labute approximate surface area is 91.5 Å². The molecule has 1 heterocycles. The third kappa shape index (κ3) is 2.17. The van der Waals surface area contributed by atoms with Gasteiger partial charge < -0.3 is 5.11 Å². The predicted molar refractivity (Wildman–Crippen MR) is 58.8 cm³/mol. The maximum absolute atomic E-state index is 11.0. The van der Waals surface area contributed by atoms with Crippen molar-refractivity contribution in [1.82, 2.24) is 4.90 Å². The monoisotopic (exact) mass is 211 g/mol. The van der Waals surface area contributed by atoms with Crippen molar-refractivity contribution in [3.05, 3.63) is 0 Å². The van der Waals surface area contributed by atoms with Crippen molar-refractivity contribution >= 4 is 5.97 Å². The predicted octanol–water partition coefficient (Wildman–Crippen LogP) is 2.12. The Kier molecular flexibility index (Phi) is 3.01. The van der Waals surface area contributed by atoms with Crippen LogP contribution >= 0.6 is 0 Å². The lowest BCUT2D eigenvalue weighted by atomic mass is 9.80. The molecule has 0 amide bonds. The van der Waals surface area contributed by atoms with Crippen LogP contribution in [0, 0.1) is 5.41 Å². The standard InChI is InChI=1S/C12H21NO2/c1-12(11(14)15)8-13(9-12)10-6-4-2-3-5-7-10/h10H,2-9H2,1H3,(H,14,15). The topological polar surface area (TPSA) is 40.5 Å². The van der Waals surface area contributed by atoms with E-state index in [0.717, 1.165) is 13.1 Å². The molecule has 2 aliphatic rings. The molecule has 1 aliphatic carbocycles. The molecule has 0 bridgehead atoms. The van der Waals surface area contributed by atoms with Crippen molar-refractivity contribution in [2.24, 2.45) is 5.41 Å². The van der Waals surface area contributed by atoms with E-state index >= 15 is 0 Å². The molecule has 2 fully saturated rings. The molecule has 3 nitrogen and oxygen atoms in total. The molecule has 1 saturated carbocycles. The van der Waals surface area contributed by atoms with E-state index < -0.39 is 11.4 Å². The van der Waals surface area contributed by atoms with Crippen LogP contribution in [-0.2, 0) is 4.79 Å². The third-order valence-corrected chi connectivity index (χ3v) is 3.96. The van der Waals surface area contributed by atoms with Gasteiger partial charge in [0, 0.05) is 19.1 Å². The van der Waals surface area contributed by atoms with Gasteiger partial charge in [-0.05, 0) is 19.8 Å². The van der Waals surface area contributed by atoms with E-state index in [1.807, 2.05) is 6.92 Å². The van der Waals surface area contributed by atoms with Crippen LogP contribution in [0.15, 0.2) is 0 Å². The molecular formula is C12H21NO2. The highest BCUT2D eigenvalue weighted by Gasteiger charge is 2.47. The van der Waals surface area contributed by atoms with Gasteiger partial charge in [-0.1, -0.05) is 25.7 Å². The van der Waals surface area contributed by atoms with E-state index in [1.54, 1.807) is 0 Å². The molecule has 15 heavy (non-hydrogen) atoms. The second kappa shape index (κ2) is 4.12. The largest absolute Gasteiger partial charge is 0.481 e. The summed E-state index contributed by atoms with van der Waals surface area (Å²) < 4.78 is 0. The number of nitrogens with zero attached hydrogens (tertiary/aromatic N) is 1. The summed E-state index contributed by atoms with van der Waals surface area (Å²) in [5.41, 5.74) is -0.466. The van der Waals surface area contributed by atoms with Crippen molar-refractivity contribution in [2.45, 2.75) is 51.5 Å². The fourth-order valence-electron chi connectivity index (χ4n) is 2.87. The average Bonchev–Trinajstić information content (AvgIpc) is 2.40. The van der Waals surface area contributed by atoms with Gasteiger partial charge in [0.15, 0.2) is 0 Å². The number of aliphatic carboxylic acids is 1. The SMILES string of the molecule is CC1(C(=O)O)CN(C2CCCCCC2)C1. The average molecular weight is 211 g/mol. The number of carbonyl (C=O) groups is 1. The Hall–Kier alpha value is -0.570. The molecule has 0 radical (unpaired) electrons. The lowest BCUT2D eigenvalue weighted by molar-refractivity contribution is -0.160. The van der Waals surface area contributed by atoms with Gasteiger partial charge in [0.25, 0.3) is 0 Å². The summed E-state index contributed by atoms with van der Waals surface area (Å²) in [7, 11) is 0. The Morgan fingerprint density at radius 1 is 1.20 bits per heavy atom. The minimum absolute atomic E-state index is 0.466. The summed E-state index contributed by atoms with van der Waals surface area (Å²) in [6.45, 7) is 3.38. The molecule has 0 aromatic rings. The van der Waals surface area contributed by atoms with Crippen molar-refractivity contribution in [2.75, 3.05) is 13.1 Å². The highest BCUT2D eigenvalue weighted by Crippen LogP contribution is 2.35. The van der Waals surface area contributed by atoms with Crippen LogP contribution in [0.5, 0.6) is 0 Å². The zero-order chi connectivity index (χ0) is 10.9. The fraction of sp³-hybridized carbons (Fsp3) is 0.917. The summed E-state index contributed by atoms with van der Waals surface area (Å²) in [5.74, 6) is -0.632. The maximum atomic E-state index is 11.0. The highest BCUT2D eigenvalue weighted by molar-refractivity contribution is 5.76. The molecule has 0 unspecified atom stereocenters. The first-order chi connectivity index (χ1) is 7.12. The van der Waals surface area contributed by atoms with Crippen molar-refractivity contribution in [1.29, 1.82) is 0 Å². The van der Waals surface area contributed by atoms with Gasteiger partial charge in [-0.3, -0.25) is 9.69 Å². The van der Waals surface area contributed by atoms with Crippen LogP contribution < -0.4 is 0 Å². The summed E-state index contributed by atoms with van der Waals surface area (Å²) in [5, 5.41) is 9.04. The molecule has 0 aromatic carbocycles. The van der Waals surface area contributed by atoms with E-state index in [9.17, 15) is 4.79 Å². The van der Waals surface area contributed by atoms with Crippen LogP contribution in [0.25, 0.3) is 0 Å². The number of hydrogen-bond donors (Lipinski definition) is 1. The van der Waals surface area contributed by atoms with E-state index in [1.165, 1.54) is 38.5 Å². The quantitative estimate of drug-likeness (QED) is 0.711. The molecular weight excluding hydrogens is 190 g/mol. The molecule has 0 spiro atoms. The first-order valence-corrected chi connectivity index (χ1v) is 6.09. The summed E-state index contributed by atoms with van der Waals surface area (Å²) in [4.78, 5) is 13.3. The van der Waals surface area contributed by atoms with Gasteiger partial charge in [0.2, 0.25) is 0 Å².